The number of aromatic amines is 2. The van der Waals surface area contributed by atoms with E-state index in [9.17, 15) is 0 Å². The molecular weight excluding hydrogens is 418 g/mol. The van der Waals surface area contributed by atoms with Crippen molar-refractivity contribution in [3.8, 4) is 22.4 Å². The fourth-order valence-electron chi connectivity index (χ4n) is 4.99. The highest BCUT2D eigenvalue weighted by molar-refractivity contribution is 6.22. The highest BCUT2D eigenvalue weighted by Gasteiger charge is 2.14. The normalized spacial score (nSPS) is 11.8. The van der Waals surface area contributed by atoms with Crippen LogP contribution in [0.3, 0.4) is 0 Å². The van der Waals surface area contributed by atoms with E-state index in [-0.39, 0.29) is 0 Å². The zero-order chi connectivity index (χ0) is 22.8. The van der Waals surface area contributed by atoms with E-state index >= 15 is 0 Å². The number of benzene rings is 4. The van der Waals surface area contributed by atoms with Crippen molar-refractivity contribution in [3.63, 3.8) is 0 Å². The average molecular weight is 440 g/mol. The number of hydrogen-bond acceptors (Lipinski definition) is 3. The van der Waals surface area contributed by atoms with Gasteiger partial charge in [0.15, 0.2) is 0 Å². The minimum Gasteiger partial charge on any atom is -0.342 e. The SMILES string of the molecule is Cc1ncc(-c2ccc3cc(-c4ccc5c(c4)c4ncccc4c4nc(C)[nH]c54)ccc3c2)[nH]1. The van der Waals surface area contributed by atoms with E-state index in [0.29, 0.717) is 0 Å². The van der Waals surface area contributed by atoms with Gasteiger partial charge in [0, 0.05) is 27.9 Å². The number of aryl methyl sites for hydroxylation is 2. The Balaban J connectivity index is 1.40. The predicted molar refractivity (Wildman–Crippen MR) is 139 cm³/mol. The second kappa shape index (κ2) is 6.99. The minimum absolute atomic E-state index is 0.913. The molecular formula is C29H21N5. The quantitative estimate of drug-likeness (QED) is 0.283. The zero-order valence-electron chi connectivity index (χ0n) is 18.8. The number of hydrogen-bond donors (Lipinski definition) is 2. The lowest BCUT2D eigenvalue weighted by Gasteiger charge is -2.10. The first kappa shape index (κ1) is 19.0. The van der Waals surface area contributed by atoms with Crippen molar-refractivity contribution in [1.29, 1.82) is 0 Å². The largest absolute Gasteiger partial charge is 0.342 e. The third kappa shape index (κ3) is 2.83. The summed E-state index contributed by atoms with van der Waals surface area (Å²) in [6.45, 7) is 3.97. The average Bonchev–Trinajstić information content (AvgIpc) is 3.49. The summed E-state index contributed by atoms with van der Waals surface area (Å²) in [5.41, 5.74) is 7.57. The summed E-state index contributed by atoms with van der Waals surface area (Å²) in [6, 6.07) is 23.9. The van der Waals surface area contributed by atoms with Crippen LogP contribution in [-0.4, -0.2) is 24.9 Å². The van der Waals surface area contributed by atoms with E-state index < -0.39 is 0 Å². The summed E-state index contributed by atoms with van der Waals surface area (Å²) in [7, 11) is 0. The predicted octanol–water partition coefficient (Wildman–Crippen LogP) is 7.09. The number of aromatic nitrogens is 5. The first-order valence-corrected chi connectivity index (χ1v) is 11.4. The molecule has 3 aromatic heterocycles. The van der Waals surface area contributed by atoms with Gasteiger partial charge in [-0.05, 0) is 66.1 Å². The van der Waals surface area contributed by atoms with Gasteiger partial charge in [0.1, 0.15) is 11.6 Å². The molecule has 5 nitrogen and oxygen atoms in total. The Morgan fingerprint density at radius 1 is 0.618 bits per heavy atom. The highest BCUT2D eigenvalue weighted by Crippen LogP contribution is 2.36. The Hall–Kier alpha value is -4.51. The number of rotatable bonds is 2. The summed E-state index contributed by atoms with van der Waals surface area (Å²) in [4.78, 5) is 20.6. The highest BCUT2D eigenvalue weighted by atomic mass is 14.9. The third-order valence-electron chi connectivity index (χ3n) is 6.62. The van der Waals surface area contributed by atoms with Crippen molar-refractivity contribution in [2.75, 3.05) is 0 Å². The van der Waals surface area contributed by atoms with Crippen LogP contribution in [-0.2, 0) is 0 Å². The van der Waals surface area contributed by atoms with E-state index in [1.165, 1.54) is 21.9 Å². The molecule has 7 aromatic rings. The van der Waals surface area contributed by atoms with Gasteiger partial charge in [0.05, 0.1) is 28.4 Å². The van der Waals surface area contributed by atoms with Gasteiger partial charge in [-0.15, -0.1) is 0 Å². The fraction of sp³-hybridized carbons (Fsp3) is 0.0690. The Morgan fingerprint density at radius 2 is 1.38 bits per heavy atom. The number of nitrogens with zero attached hydrogens (tertiary/aromatic N) is 3. The molecule has 5 heteroatoms. The van der Waals surface area contributed by atoms with Crippen molar-refractivity contribution in [2.45, 2.75) is 13.8 Å². The number of H-pyrrole nitrogens is 2. The molecule has 0 bridgehead atoms. The van der Waals surface area contributed by atoms with Gasteiger partial charge < -0.3 is 9.97 Å². The number of imidazole rings is 2. The van der Waals surface area contributed by atoms with Crippen LogP contribution in [0.5, 0.6) is 0 Å². The van der Waals surface area contributed by atoms with Crippen LogP contribution in [0.1, 0.15) is 11.6 Å². The van der Waals surface area contributed by atoms with Crippen molar-refractivity contribution < 1.29 is 0 Å². The van der Waals surface area contributed by atoms with Crippen LogP contribution in [0.25, 0.3) is 65.9 Å². The number of pyridine rings is 1. The van der Waals surface area contributed by atoms with Gasteiger partial charge >= 0.3 is 0 Å². The molecule has 0 radical (unpaired) electrons. The van der Waals surface area contributed by atoms with Crippen LogP contribution in [0.2, 0.25) is 0 Å². The molecule has 162 valence electrons. The third-order valence-corrected chi connectivity index (χ3v) is 6.62. The molecule has 34 heavy (non-hydrogen) atoms. The summed E-state index contributed by atoms with van der Waals surface area (Å²) in [5, 5.41) is 5.77. The molecule has 0 fully saturated rings. The van der Waals surface area contributed by atoms with Crippen molar-refractivity contribution in [2.24, 2.45) is 0 Å². The van der Waals surface area contributed by atoms with Gasteiger partial charge in [-0.3, -0.25) is 4.98 Å². The molecule has 0 aliphatic carbocycles. The van der Waals surface area contributed by atoms with Crippen LogP contribution in [0.15, 0.2) is 79.1 Å². The monoisotopic (exact) mass is 439 g/mol. The van der Waals surface area contributed by atoms with Gasteiger partial charge in [-0.1, -0.05) is 36.4 Å². The molecule has 0 unspecified atom stereocenters. The van der Waals surface area contributed by atoms with Gasteiger partial charge in [0.25, 0.3) is 0 Å². The molecule has 0 amide bonds. The summed E-state index contributed by atoms with van der Waals surface area (Å²) in [5.74, 6) is 1.84. The van der Waals surface area contributed by atoms with Gasteiger partial charge in [0.2, 0.25) is 0 Å². The van der Waals surface area contributed by atoms with E-state index in [2.05, 4.69) is 75.6 Å². The van der Waals surface area contributed by atoms with Crippen molar-refractivity contribution >= 4 is 43.5 Å². The topological polar surface area (TPSA) is 70.2 Å². The van der Waals surface area contributed by atoms with E-state index in [4.69, 9.17) is 9.97 Å². The minimum atomic E-state index is 0.913. The lowest BCUT2D eigenvalue weighted by atomic mass is 9.96. The van der Waals surface area contributed by atoms with Gasteiger partial charge in [-0.2, -0.15) is 0 Å². The van der Waals surface area contributed by atoms with Crippen LogP contribution >= 0.6 is 0 Å². The first-order valence-electron chi connectivity index (χ1n) is 11.4. The number of nitrogens with one attached hydrogen (secondary N) is 2. The van der Waals surface area contributed by atoms with Crippen LogP contribution in [0, 0.1) is 13.8 Å². The van der Waals surface area contributed by atoms with E-state index in [0.717, 1.165) is 55.6 Å². The van der Waals surface area contributed by atoms with Crippen LogP contribution in [0.4, 0.5) is 0 Å². The second-order valence-electron chi connectivity index (χ2n) is 8.86. The molecule has 0 atom stereocenters. The summed E-state index contributed by atoms with van der Waals surface area (Å²) < 4.78 is 0. The molecule has 0 aliphatic heterocycles. The van der Waals surface area contributed by atoms with E-state index in [1.807, 2.05) is 32.3 Å². The van der Waals surface area contributed by atoms with Gasteiger partial charge in [-0.25, -0.2) is 9.97 Å². The first-order chi connectivity index (χ1) is 16.6. The maximum atomic E-state index is 4.73. The maximum Gasteiger partial charge on any atom is 0.104 e. The molecule has 0 saturated heterocycles. The summed E-state index contributed by atoms with van der Waals surface area (Å²) in [6.07, 6.45) is 3.74. The molecule has 2 N–H and O–H groups in total. The Kier molecular flexibility index (Phi) is 3.91. The molecule has 0 spiro atoms. The van der Waals surface area contributed by atoms with E-state index in [1.54, 1.807) is 0 Å². The molecule has 7 rings (SSSR count). The Labute approximate surface area is 195 Å². The molecule has 3 heterocycles. The Morgan fingerprint density at radius 3 is 2.21 bits per heavy atom. The lowest BCUT2D eigenvalue weighted by Crippen LogP contribution is -1.87. The Bertz CT molecular complexity index is 1890. The van der Waals surface area contributed by atoms with Crippen molar-refractivity contribution in [3.05, 3.63) is 90.8 Å². The van der Waals surface area contributed by atoms with Crippen molar-refractivity contribution in [1.82, 2.24) is 24.9 Å². The standard InChI is InChI=1S/C29H21N5/c1-16-31-15-26(32-16)22-8-7-18-12-19(5-6-20(18)13-22)21-9-10-23-25(14-21)27-24(4-3-11-30-27)29-28(23)33-17(2)34-29/h3-15H,1-2H3,(H,31,32)(H,33,34). The lowest BCUT2D eigenvalue weighted by molar-refractivity contribution is 1.15. The molecule has 4 aromatic carbocycles. The fourth-order valence-corrected chi connectivity index (χ4v) is 4.99. The van der Waals surface area contributed by atoms with Crippen LogP contribution < -0.4 is 0 Å². The maximum absolute atomic E-state index is 4.73. The summed E-state index contributed by atoms with van der Waals surface area (Å²) >= 11 is 0. The smallest absolute Gasteiger partial charge is 0.104 e. The molecule has 0 aliphatic rings. The molecule has 0 saturated carbocycles. The zero-order valence-corrected chi connectivity index (χ0v) is 18.8. The number of fused-ring (bicyclic) bond motifs is 7. The second-order valence-corrected chi connectivity index (χ2v) is 8.86.